The normalized spacial score (nSPS) is 14.4. The average molecular weight is 635 g/mol. The molecule has 0 saturated carbocycles. The number of fused-ring (bicyclic) bond motifs is 1. The number of amides is 2. The van der Waals surface area contributed by atoms with Crippen LogP contribution in [0.5, 0.6) is 0 Å². The van der Waals surface area contributed by atoms with Crippen molar-refractivity contribution in [3.8, 4) is 11.1 Å². The summed E-state index contributed by atoms with van der Waals surface area (Å²) in [5.41, 5.74) is 10.7. The smallest absolute Gasteiger partial charge is 0.323 e. The molecule has 11 heteroatoms. The third-order valence-electron chi connectivity index (χ3n) is 8.31. The van der Waals surface area contributed by atoms with E-state index in [0.29, 0.717) is 55.8 Å². The maximum Gasteiger partial charge on any atom is 0.323 e. The minimum atomic E-state index is -3.36. The van der Waals surface area contributed by atoms with Gasteiger partial charge < -0.3 is 15.6 Å². The van der Waals surface area contributed by atoms with Crippen molar-refractivity contribution in [1.29, 1.82) is 0 Å². The SMILES string of the molecule is C=CC(F)(F)c1cc(N(C(N)=O)C(=CCC)c2cc(-c3cnc4[nH]ccc4c3)ccn2)ccc1N1CCN(Cc2cccnc2)CC1. The van der Waals surface area contributed by atoms with Gasteiger partial charge in [-0.2, -0.15) is 8.78 Å². The van der Waals surface area contributed by atoms with Crippen LogP contribution in [-0.4, -0.2) is 57.0 Å². The number of H-pyrrole nitrogens is 1. The number of nitrogens with one attached hydrogen (secondary N) is 1. The Morgan fingerprint density at radius 3 is 2.60 bits per heavy atom. The van der Waals surface area contributed by atoms with Crippen LogP contribution in [0.2, 0.25) is 0 Å². The molecule has 1 saturated heterocycles. The number of anilines is 2. The van der Waals surface area contributed by atoms with Gasteiger partial charge in [0.05, 0.1) is 22.6 Å². The lowest BCUT2D eigenvalue weighted by Crippen LogP contribution is -2.46. The van der Waals surface area contributed by atoms with Crippen LogP contribution < -0.4 is 15.5 Å². The first kappa shape index (κ1) is 31.6. The number of hydrogen-bond donors (Lipinski definition) is 2. The summed E-state index contributed by atoms with van der Waals surface area (Å²) in [6.07, 6.45) is 11.8. The fourth-order valence-corrected chi connectivity index (χ4v) is 5.95. The van der Waals surface area contributed by atoms with Gasteiger partial charge in [0.25, 0.3) is 5.92 Å². The largest absolute Gasteiger partial charge is 0.369 e. The maximum atomic E-state index is 15.6. The van der Waals surface area contributed by atoms with Crippen molar-refractivity contribution in [2.24, 2.45) is 5.73 Å². The van der Waals surface area contributed by atoms with Crippen LogP contribution in [-0.2, 0) is 12.5 Å². The number of carbonyl (C=O) groups excluding carboxylic acids is 1. The Morgan fingerprint density at radius 2 is 1.87 bits per heavy atom. The van der Waals surface area contributed by atoms with Crippen molar-refractivity contribution in [2.75, 3.05) is 36.0 Å². The number of urea groups is 1. The molecule has 240 valence electrons. The highest BCUT2D eigenvalue weighted by atomic mass is 19.3. The van der Waals surface area contributed by atoms with Crippen LogP contribution >= 0.6 is 0 Å². The summed E-state index contributed by atoms with van der Waals surface area (Å²) >= 11 is 0. The van der Waals surface area contributed by atoms with Crippen molar-refractivity contribution < 1.29 is 13.6 Å². The third-order valence-corrected chi connectivity index (χ3v) is 8.31. The average Bonchev–Trinajstić information content (AvgIpc) is 3.57. The molecule has 0 unspecified atom stereocenters. The van der Waals surface area contributed by atoms with E-state index in [1.807, 2.05) is 66.7 Å². The summed E-state index contributed by atoms with van der Waals surface area (Å²) in [6, 6.07) is 15.4. The van der Waals surface area contributed by atoms with Gasteiger partial charge in [0.15, 0.2) is 0 Å². The van der Waals surface area contributed by atoms with Crippen molar-refractivity contribution in [3.05, 3.63) is 121 Å². The molecular weight excluding hydrogens is 598 g/mol. The second-order valence-corrected chi connectivity index (χ2v) is 11.4. The van der Waals surface area contributed by atoms with E-state index in [4.69, 9.17) is 5.73 Å². The van der Waals surface area contributed by atoms with Crippen LogP contribution in [0.4, 0.5) is 25.0 Å². The summed E-state index contributed by atoms with van der Waals surface area (Å²) in [6.45, 7) is 8.57. The summed E-state index contributed by atoms with van der Waals surface area (Å²) in [5, 5.41) is 0.953. The van der Waals surface area contributed by atoms with Crippen LogP contribution in [0.1, 0.15) is 30.2 Å². The summed E-state index contributed by atoms with van der Waals surface area (Å²) in [5.74, 6) is -3.36. The zero-order chi connectivity index (χ0) is 33.0. The van der Waals surface area contributed by atoms with E-state index < -0.39 is 12.0 Å². The van der Waals surface area contributed by atoms with Crippen LogP contribution in [0.25, 0.3) is 27.9 Å². The standard InChI is InChI=1S/C36H36F2N8O/c1-3-6-33(31-20-26(10-13-41-31)28-19-27-11-14-42-34(27)43-23-28)46(35(39)47)29-8-9-32(30(21-29)36(37,38)4-2)45-17-15-44(16-18-45)24-25-7-5-12-40-22-25/h4-14,19-23H,2-3,15-18,24H2,1H3,(H2,39,47)(H,42,43). The van der Waals surface area contributed by atoms with Crippen molar-refractivity contribution in [1.82, 2.24) is 24.8 Å². The summed E-state index contributed by atoms with van der Waals surface area (Å²) < 4.78 is 31.2. The second kappa shape index (κ2) is 13.5. The highest BCUT2D eigenvalue weighted by Crippen LogP contribution is 2.40. The fraction of sp³-hybridized carbons (Fsp3) is 0.222. The summed E-state index contributed by atoms with van der Waals surface area (Å²) in [4.78, 5) is 34.9. The Labute approximate surface area is 272 Å². The molecule has 5 heterocycles. The Hall–Kier alpha value is -5.42. The molecule has 1 aliphatic heterocycles. The van der Waals surface area contributed by atoms with Gasteiger partial charge in [0, 0.05) is 80.3 Å². The van der Waals surface area contributed by atoms with E-state index in [-0.39, 0.29) is 11.3 Å². The molecule has 47 heavy (non-hydrogen) atoms. The molecule has 1 fully saturated rings. The zero-order valence-corrected chi connectivity index (χ0v) is 26.1. The third kappa shape index (κ3) is 6.75. The monoisotopic (exact) mass is 634 g/mol. The number of allylic oxidation sites excluding steroid dienone is 2. The molecule has 0 radical (unpaired) electrons. The molecule has 4 aromatic heterocycles. The number of primary amides is 1. The van der Waals surface area contributed by atoms with Gasteiger partial charge in [-0.05, 0) is 72.2 Å². The number of pyridine rings is 3. The predicted octanol–water partition coefficient (Wildman–Crippen LogP) is 6.96. The number of carbonyl (C=O) groups is 1. The molecule has 0 atom stereocenters. The minimum Gasteiger partial charge on any atom is -0.369 e. The van der Waals surface area contributed by atoms with E-state index in [1.165, 1.54) is 11.0 Å². The van der Waals surface area contributed by atoms with E-state index in [2.05, 4.69) is 31.4 Å². The lowest BCUT2D eigenvalue weighted by molar-refractivity contribution is 0.0529. The summed E-state index contributed by atoms with van der Waals surface area (Å²) in [7, 11) is 0. The molecule has 6 rings (SSSR count). The lowest BCUT2D eigenvalue weighted by Gasteiger charge is -2.38. The lowest BCUT2D eigenvalue weighted by atomic mass is 10.0. The maximum absolute atomic E-state index is 15.6. The number of aromatic amines is 1. The van der Waals surface area contributed by atoms with Gasteiger partial charge in [-0.3, -0.25) is 19.8 Å². The van der Waals surface area contributed by atoms with Crippen molar-refractivity contribution >= 4 is 34.1 Å². The van der Waals surface area contributed by atoms with E-state index >= 15 is 8.78 Å². The minimum absolute atomic E-state index is 0.204. The molecule has 0 bridgehead atoms. The number of halogens is 2. The number of nitrogens with zero attached hydrogens (tertiary/aromatic N) is 6. The number of alkyl halides is 2. The number of benzene rings is 1. The first-order chi connectivity index (χ1) is 22.8. The number of piperazine rings is 1. The van der Waals surface area contributed by atoms with Crippen LogP contribution in [0.15, 0.2) is 104 Å². The van der Waals surface area contributed by atoms with E-state index in [9.17, 15) is 4.79 Å². The van der Waals surface area contributed by atoms with Crippen molar-refractivity contribution in [2.45, 2.75) is 25.8 Å². The van der Waals surface area contributed by atoms with E-state index in [1.54, 1.807) is 30.7 Å². The molecule has 0 aliphatic carbocycles. The second-order valence-electron chi connectivity index (χ2n) is 11.4. The zero-order valence-electron chi connectivity index (χ0n) is 26.1. The molecule has 9 nitrogen and oxygen atoms in total. The molecule has 5 aromatic rings. The predicted molar refractivity (Wildman–Crippen MR) is 182 cm³/mol. The van der Waals surface area contributed by atoms with Gasteiger partial charge in [-0.1, -0.05) is 25.6 Å². The van der Waals surface area contributed by atoms with Crippen molar-refractivity contribution in [3.63, 3.8) is 0 Å². The van der Waals surface area contributed by atoms with Gasteiger partial charge in [-0.15, -0.1) is 0 Å². The highest BCUT2D eigenvalue weighted by Gasteiger charge is 2.34. The number of rotatable bonds is 10. The highest BCUT2D eigenvalue weighted by molar-refractivity contribution is 6.04. The molecule has 2 amide bonds. The number of nitrogens with two attached hydrogens (primary N) is 1. The first-order valence-corrected chi connectivity index (χ1v) is 15.5. The Balaban J connectivity index is 1.32. The molecular formula is C36H36F2N8O. The Bertz CT molecular complexity index is 1920. The molecule has 1 aromatic carbocycles. The van der Waals surface area contributed by atoms with Gasteiger partial charge in [-0.25, -0.2) is 9.78 Å². The Kier molecular flexibility index (Phi) is 9.08. The fourth-order valence-electron chi connectivity index (χ4n) is 5.95. The Morgan fingerprint density at radius 1 is 1.04 bits per heavy atom. The van der Waals surface area contributed by atoms with Gasteiger partial charge >= 0.3 is 6.03 Å². The number of hydrogen-bond acceptors (Lipinski definition) is 6. The van der Waals surface area contributed by atoms with Gasteiger partial charge in [0.1, 0.15) is 5.65 Å². The van der Waals surface area contributed by atoms with Crippen LogP contribution in [0, 0.1) is 0 Å². The molecule has 1 aliphatic rings. The van der Waals surface area contributed by atoms with E-state index in [0.717, 1.165) is 34.3 Å². The number of aromatic nitrogens is 4. The van der Waals surface area contributed by atoms with Gasteiger partial charge in [0.2, 0.25) is 0 Å². The topological polar surface area (TPSA) is 107 Å². The first-order valence-electron chi connectivity index (χ1n) is 15.5. The molecule has 0 spiro atoms. The quantitative estimate of drug-likeness (QED) is 0.161. The molecule has 3 N–H and O–H groups in total. The van der Waals surface area contributed by atoms with Crippen LogP contribution in [0.3, 0.4) is 0 Å².